The molecule has 25 heavy (non-hydrogen) atoms. The zero-order valence-electron chi connectivity index (χ0n) is 14.1. The van der Waals surface area contributed by atoms with E-state index < -0.39 is 5.97 Å². The summed E-state index contributed by atoms with van der Waals surface area (Å²) < 4.78 is 15.9. The molecular weight excluding hydrogens is 322 g/mol. The maximum atomic E-state index is 12.1. The van der Waals surface area contributed by atoms with Crippen LogP contribution in [0, 0.1) is 0 Å². The van der Waals surface area contributed by atoms with Crippen LogP contribution in [0.25, 0.3) is 6.08 Å². The van der Waals surface area contributed by atoms with Gasteiger partial charge in [0.15, 0.2) is 11.5 Å². The van der Waals surface area contributed by atoms with Gasteiger partial charge in [-0.2, -0.15) is 0 Å². The van der Waals surface area contributed by atoms with Crippen molar-refractivity contribution in [3.05, 3.63) is 59.2 Å². The lowest BCUT2D eigenvalue weighted by molar-refractivity contribution is -0.136. The predicted octanol–water partition coefficient (Wildman–Crippen LogP) is 3.06. The molecule has 0 N–H and O–H groups in total. The van der Waals surface area contributed by atoms with E-state index >= 15 is 0 Å². The summed E-state index contributed by atoms with van der Waals surface area (Å²) in [6.45, 7) is 0. The van der Waals surface area contributed by atoms with Gasteiger partial charge in [0.05, 0.1) is 26.9 Å². The molecule has 3 rings (SSSR count). The fraction of sp³-hybridized carbons (Fsp3) is 0.158. The SMILES string of the molecule is COc1ccccc1C=C1C(=O)ON=C1c1ccc(OC)c(OC)c1. The number of ether oxygens (including phenoxy) is 3. The normalized spacial score (nSPS) is 14.9. The molecule has 2 aromatic carbocycles. The van der Waals surface area contributed by atoms with E-state index in [0.717, 1.165) is 5.56 Å². The summed E-state index contributed by atoms with van der Waals surface area (Å²) in [5, 5.41) is 3.91. The molecule has 0 aliphatic carbocycles. The van der Waals surface area contributed by atoms with Crippen molar-refractivity contribution in [2.24, 2.45) is 5.16 Å². The number of methoxy groups -OCH3 is 3. The van der Waals surface area contributed by atoms with Crippen LogP contribution >= 0.6 is 0 Å². The average molecular weight is 339 g/mol. The fourth-order valence-corrected chi connectivity index (χ4v) is 2.54. The monoisotopic (exact) mass is 339 g/mol. The molecule has 2 aromatic rings. The first-order valence-electron chi connectivity index (χ1n) is 7.54. The predicted molar refractivity (Wildman–Crippen MR) is 93.1 cm³/mol. The third-order valence-electron chi connectivity index (χ3n) is 3.79. The van der Waals surface area contributed by atoms with E-state index in [-0.39, 0.29) is 0 Å². The van der Waals surface area contributed by atoms with Crippen molar-refractivity contribution in [3.63, 3.8) is 0 Å². The number of carbonyl (C=O) groups excluding carboxylic acids is 1. The first kappa shape index (κ1) is 16.6. The van der Waals surface area contributed by atoms with Gasteiger partial charge in [0.2, 0.25) is 0 Å². The fourth-order valence-electron chi connectivity index (χ4n) is 2.54. The highest BCUT2D eigenvalue weighted by Crippen LogP contribution is 2.31. The summed E-state index contributed by atoms with van der Waals surface area (Å²) in [5.41, 5.74) is 2.21. The lowest BCUT2D eigenvalue weighted by Gasteiger charge is -2.09. The molecular formula is C19H17NO5. The van der Waals surface area contributed by atoms with Crippen molar-refractivity contribution < 1.29 is 23.8 Å². The second-order valence-electron chi connectivity index (χ2n) is 5.19. The molecule has 6 heteroatoms. The highest BCUT2D eigenvalue weighted by Gasteiger charge is 2.28. The van der Waals surface area contributed by atoms with Gasteiger partial charge in [-0.1, -0.05) is 23.4 Å². The molecule has 0 amide bonds. The zero-order chi connectivity index (χ0) is 17.8. The zero-order valence-corrected chi connectivity index (χ0v) is 14.1. The molecule has 0 saturated heterocycles. The summed E-state index contributed by atoms with van der Waals surface area (Å²) in [4.78, 5) is 17.0. The molecule has 1 aliphatic rings. The lowest BCUT2D eigenvalue weighted by atomic mass is 10.00. The second-order valence-corrected chi connectivity index (χ2v) is 5.19. The van der Waals surface area contributed by atoms with Crippen molar-refractivity contribution >= 4 is 17.8 Å². The highest BCUT2D eigenvalue weighted by atomic mass is 16.7. The van der Waals surface area contributed by atoms with Crippen molar-refractivity contribution in [3.8, 4) is 17.2 Å². The van der Waals surface area contributed by atoms with Crippen molar-refractivity contribution in [1.82, 2.24) is 0 Å². The van der Waals surface area contributed by atoms with Crippen LogP contribution < -0.4 is 14.2 Å². The molecule has 0 atom stereocenters. The topological polar surface area (TPSA) is 66.4 Å². The number of nitrogens with zero attached hydrogens (tertiary/aromatic N) is 1. The minimum absolute atomic E-state index is 0.344. The number of hydrogen-bond donors (Lipinski definition) is 0. The number of para-hydroxylation sites is 1. The minimum atomic E-state index is -0.518. The number of carbonyl (C=O) groups is 1. The molecule has 1 heterocycles. The Hall–Kier alpha value is -3.28. The van der Waals surface area contributed by atoms with Crippen molar-refractivity contribution in [2.75, 3.05) is 21.3 Å². The molecule has 0 radical (unpaired) electrons. The van der Waals surface area contributed by atoms with Gasteiger partial charge >= 0.3 is 5.97 Å². The largest absolute Gasteiger partial charge is 0.496 e. The number of rotatable bonds is 5. The van der Waals surface area contributed by atoms with E-state index in [9.17, 15) is 4.79 Å². The van der Waals surface area contributed by atoms with Crippen LogP contribution in [0.15, 0.2) is 53.2 Å². The van der Waals surface area contributed by atoms with Crippen molar-refractivity contribution in [2.45, 2.75) is 0 Å². The van der Waals surface area contributed by atoms with Gasteiger partial charge in [-0.25, -0.2) is 4.79 Å². The first-order valence-corrected chi connectivity index (χ1v) is 7.54. The molecule has 0 aromatic heterocycles. The Labute approximate surface area is 145 Å². The Morgan fingerprint density at radius 1 is 0.920 bits per heavy atom. The maximum Gasteiger partial charge on any atom is 0.368 e. The Bertz CT molecular complexity index is 870. The summed E-state index contributed by atoms with van der Waals surface area (Å²) in [7, 11) is 4.68. The first-order chi connectivity index (χ1) is 12.2. The van der Waals surface area contributed by atoms with Gasteiger partial charge in [0.1, 0.15) is 11.5 Å². The molecule has 0 spiro atoms. The van der Waals surface area contributed by atoms with Crippen LogP contribution in [-0.2, 0) is 9.63 Å². The third-order valence-corrected chi connectivity index (χ3v) is 3.79. The van der Waals surface area contributed by atoms with Crippen LogP contribution in [0.1, 0.15) is 11.1 Å². The Kier molecular flexibility index (Phi) is 4.70. The maximum absolute atomic E-state index is 12.1. The molecule has 0 unspecified atom stereocenters. The smallest absolute Gasteiger partial charge is 0.368 e. The summed E-state index contributed by atoms with van der Waals surface area (Å²) >= 11 is 0. The van der Waals surface area contributed by atoms with Gasteiger partial charge in [0, 0.05) is 11.1 Å². The number of hydrogen-bond acceptors (Lipinski definition) is 6. The highest BCUT2D eigenvalue weighted by molar-refractivity contribution is 6.31. The van der Waals surface area contributed by atoms with E-state index in [1.807, 2.05) is 24.3 Å². The number of oxime groups is 1. The van der Waals surface area contributed by atoms with E-state index in [4.69, 9.17) is 19.0 Å². The standard InChI is InChI=1S/C19H17NO5/c1-22-15-7-5-4-6-12(15)10-14-18(20-25-19(14)21)13-8-9-16(23-2)17(11-13)24-3/h4-11H,1-3H3. The van der Waals surface area contributed by atoms with E-state index in [1.54, 1.807) is 45.6 Å². The van der Waals surface area contributed by atoms with E-state index in [2.05, 4.69) is 5.16 Å². The second kappa shape index (κ2) is 7.09. The van der Waals surface area contributed by atoms with Gasteiger partial charge in [-0.15, -0.1) is 0 Å². The summed E-state index contributed by atoms with van der Waals surface area (Å²) in [5.74, 6) is 1.27. The molecule has 1 aliphatic heterocycles. The van der Waals surface area contributed by atoms with Crippen molar-refractivity contribution in [1.29, 1.82) is 0 Å². The van der Waals surface area contributed by atoms with Crippen LogP contribution in [0.2, 0.25) is 0 Å². The Balaban J connectivity index is 2.04. The Morgan fingerprint density at radius 3 is 2.36 bits per heavy atom. The minimum Gasteiger partial charge on any atom is -0.496 e. The van der Waals surface area contributed by atoms with Crippen LogP contribution in [0.4, 0.5) is 0 Å². The van der Waals surface area contributed by atoms with Crippen LogP contribution in [0.3, 0.4) is 0 Å². The third kappa shape index (κ3) is 3.19. The average Bonchev–Trinajstić information content (AvgIpc) is 3.02. The summed E-state index contributed by atoms with van der Waals surface area (Å²) in [6, 6.07) is 12.7. The molecule has 128 valence electrons. The summed E-state index contributed by atoms with van der Waals surface area (Å²) in [6.07, 6.45) is 1.70. The molecule has 0 fully saturated rings. The molecule has 0 bridgehead atoms. The van der Waals surface area contributed by atoms with Gasteiger partial charge < -0.3 is 19.0 Å². The quantitative estimate of drug-likeness (QED) is 0.619. The number of benzene rings is 2. The van der Waals surface area contributed by atoms with Crippen LogP contribution in [-0.4, -0.2) is 33.0 Å². The Morgan fingerprint density at radius 2 is 1.64 bits per heavy atom. The lowest BCUT2D eigenvalue weighted by Crippen LogP contribution is -2.07. The van der Waals surface area contributed by atoms with Gasteiger partial charge in [-0.05, 0) is 30.3 Å². The molecule has 6 nitrogen and oxygen atoms in total. The van der Waals surface area contributed by atoms with Crippen LogP contribution in [0.5, 0.6) is 17.2 Å². The van der Waals surface area contributed by atoms with Gasteiger partial charge in [-0.3, -0.25) is 0 Å². The van der Waals surface area contributed by atoms with E-state index in [1.165, 1.54) is 0 Å². The molecule has 0 saturated carbocycles. The van der Waals surface area contributed by atoms with E-state index in [0.29, 0.717) is 34.1 Å². The van der Waals surface area contributed by atoms with Gasteiger partial charge in [0.25, 0.3) is 0 Å².